The van der Waals surface area contributed by atoms with Gasteiger partial charge >= 0.3 is 5.97 Å². The monoisotopic (exact) mass is 317 g/mol. The molecule has 1 saturated heterocycles. The molecule has 1 amide bonds. The van der Waals surface area contributed by atoms with Gasteiger partial charge in [-0.15, -0.1) is 11.3 Å². The van der Waals surface area contributed by atoms with Gasteiger partial charge in [-0.05, 0) is 60.2 Å². The number of likely N-dealkylation sites (tertiary alicyclic amines) is 1. The molecule has 1 aromatic heterocycles. The number of hydrogen-bond donors (Lipinski definition) is 1. The lowest BCUT2D eigenvalue weighted by Gasteiger charge is -2.32. The highest BCUT2D eigenvalue weighted by atomic mass is 32.1. The minimum atomic E-state index is -0.758. The van der Waals surface area contributed by atoms with Crippen molar-refractivity contribution in [3.05, 3.63) is 35.2 Å². The van der Waals surface area contributed by atoms with Crippen molar-refractivity contribution >= 4 is 33.3 Å². The number of hydrogen-bond acceptors (Lipinski definition) is 3. The molecule has 5 heteroatoms. The van der Waals surface area contributed by atoms with Crippen molar-refractivity contribution in [2.24, 2.45) is 5.92 Å². The molecular weight excluding hydrogens is 298 g/mol. The fourth-order valence-electron chi connectivity index (χ4n) is 3.10. The molecule has 22 heavy (non-hydrogen) atoms. The molecule has 0 bridgehead atoms. The lowest BCUT2D eigenvalue weighted by molar-refractivity contribution is -0.137. The largest absolute Gasteiger partial charge is 0.481 e. The third kappa shape index (κ3) is 3.30. The highest BCUT2D eigenvalue weighted by molar-refractivity contribution is 7.17. The summed E-state index contributed by atoms with van der Waals surface area (Å²) >= 11 is 1.67. The van der Waals surface area contributed by atoms with Gasteiger partial charge in [-0.25, -0.2) is 0 Å². The van der Waals surface area contributed by atoms with Gasteiger partial charge < -0.3 is 10.0 Å². The summed E-state index contributed by atoms with van der Waals surface area (Å²) in [6.45, 7) is 1.44. The molecule has 1 aromatic carbocycles. The normalized spacial score (nSPS) is 18.5. The van der Waals surface area contributed by atoms with Crippen molar-refractivity contribution < 1.29 is 14.7 Å². The van der Waals surface area contributed by atoms with E-state index in [2.05, 4.69) is 0 Å². The summed E-state index contributed by atoms with van der Waals surface area (Å²) in [6.07, 6.45) is 2.81. The Kier molecular flexibility index (Phi) is 4.43. The van der Waals surface area contributed by atoms with Crippen molar-refractivity contribution in [1.82, 2.24) is 4.90 Å². The van der Waals surface area contributed by atoms with Crippen LogP contribution in [0.3, 0.4) is 0 Å². The number of nitrogens with zero attached hydrogens (tertiary/aromatic N) is 1. The van der Waals surface area contributed by atoms with Crippen molar-refractivity contribution in [1.29, 1.82) is 0 Å². The molecule has 3 rings (SSSR count). The van der Waals surface area contributed by atoms with Crippen LogP contribution < -0.4 is 0 Å². The molecule has 1 fully saturated rings. The first-order valence-corrected chi connectivity index (χ1v) is 8.50. The van der Waals surface area contributed by atoms with E-state index in [0.29, 0.717) is 18.9 Å². The number of benzene rings is 1. The van der Waals surface area contributed by atoms with Crippen LogP contribution in [0.5, 0.6) is 0 Å². The fourth-order valence-corrected chi connectivity index (χ4v) is 3.87. The topological polar surface area (TPSA) is 57.6 Å². The second kappa shape index (κ2) is 6.48. The van der Waals surface area contributed by atoms with Gasteiger partial charge in [-0.3, -0.25) is 9.59 Å². The number of thiophene rings is 1. The number of carbonyl (C=O) groups excluding carboxylic acids is 1. The van der Waals surface area contributed by atoms with Crippen LogP contribution >= 0.6 is 11.3 Å². The van der Waals surface area contributed by atoms with Crippen molar-refractivity contribution in [2.45, 2.75) is 25.7 Å². The number of rotatable bonds is 4. The summed E-state index contributed by atoms with van der Waals surface area (Å²) in [7, 11) is 0. The van der Waals surface area contributed by atoms with E-state index >= 15 is 0 Å². The Bertz CT molecular complexity index is 694. The molecule has 2 heterocycles. The van der Waals surface area contributed by atoms with Crippen molar-refractivity contribution in [3.8, 4) is 0 Å². The highest BCUT2D eigenvalue weighted by Crippen LogP contribution is 2.25. The zero-order valence-corrected chi connectivity index (χ0v) is 13.1. The molecule has 2 aromatic rings. The van der Waals surface area contributed by atoms with Gasteiger partial charge in [0.15, 0.2) is 0 Å². The standard InChI is InChI=1S/C17H19NO3S/c19-16(20)6-3-12-2-1-8-18(11-12)17(21)14-4-5-15-13(10-14)7-9-22-15/h4-5,7,9-10,12H,1-3,6,8,11H2,(H,19,20). The number of fused-ring (bicyclic) bond motifs is 1. The van der Waals surface area contributed by atoms with Crippen LogP contribution in [0.2, 0.25) is 0 Å². The lowest BCUT2D eigenvalue weighted by Crippen LogP contribution is -2.40. The number of amides is 1. The van der Waals surface area contributed by atoms with Crippen LogP contribution in [0.15, 0.2) is 29.6 Å². The third-order valence-corrected chi connectivity index (χ3v) is 5.17. The van der Waals surface area contributed by atoms with Crippen LogP contribution in [0.1, 0.15) is 36.0 Å². The zero-order chi connectivity index (χ0) is 15.5. The summed E-state index contributed by atoms with van der Waals surface area (Å²) in [5, 5.41) is 11.9. The average molecular weight is 317 g/mol. The summed E-state index contributed by atoms with van der Waals surface area (Å²) < 4.78 is 1.19. The molecule has 0 saturated carbocycles. The predicted octanol–water partition coefficient (Wildman–Crippen LogP) is 3.62. The Balaban J connectivity index is 1.69. The van der Waals surface area contributed by atoms with Crippen LogP contribution in [-0.4, -0.2) is 35.0 Å². The smallest absolute Gasteiger partial charge is 0.303 e. The molecule has 1 N–H and O–H groups in total. The van der Waals surface area contributed by atoms with E-state index in [1.807, 2.05) is 34.5 Å². The minimum Gasteiger partial charge on any atom is -0.481 e. The van der Waals surface area contributed by atoms with Crippen molar-refractivity contribution in [3.63, 3.8) is 0 Å². The van der Waals surface area contributed by atoms with Crippen LogP contribution in [0, 0.1) is 5.92 Å². The van der Waals surface area contributed by atoms with E-state index in [1.54, 1.807) is 11.3 Å². The van der Waals surface area contributed by atoms with E-state index < -0.39 is 5.97 Å². The molecule has 4 nitrogen and oxygen atoms in total. The third-order valence-electron chi connectivity index (χ3n) is 4.27. The molecule has 0 radical (unpaired) electrons. The van der Waals surface area contributed by atoms with E-state index in [-0.39, 0.29) is 12.3 Å². The minimum absolute atomic E-state index is 0.0631. The molecule has 0 aliphatic carbocycles. The maximum Gasteiger partial charge on any atom is 0.303 e. The van der Waals surface area contributed by atoms with Gasteiger partial charge in [0.2, 0.25) is 0 Å². The summed E-state index contributed by atoms with van der Waals surface area (Å²) in [4.78, 5) is 25.2. The molecule has 1 unspecified atom stereocenters. The SMILES string of the molecule is O=C(O)CCC1CCCN(C(=O)c2ccc3sccc3c2)C1. The second-order valence-corrected chi connectivity index (χ2v) is 6.81. The maximum atomic E-state index is 12.7. The van der Waals surface area contributed by atoms with Crippen LogP contribution in [-0.2, 0) is 4.79 Å². The number of piperidine rings is 1. The molecule has 116 valence electrons. The average Bonchev–Trinajstić information content (AvgIpc) is 3.00. The van der Waals surface area contributed by atoms with Crippen LogP contribution in [0.25, 0.3) is 10.1 Å². The molecule has 1 atom stereocenters. The van der Waals surface area contributed by atoms with E-state index in [0.717, 1.165) is 30.3 Å². The molecular formula is C17H19NO3S. The summed E-state index contributed by atoms with van der Waals surface area (Å²) in [5.74, 6) is -0.391. The van der Waals surface area contributed by atoms with Gasteiger partial charge in [-0.1, -0.05) is 0 Å². The van der Waals surface area contributed by atoms with E-state index in [1.165, 1.54) is 4.70 Å². The number of carboxylic acid groups (broad SMARTS) is 1. The Labute approximate surface area is 133 Å². The summed E-state index contributed by atoms with van der Waals surface area (Å²) in [6, 6.07) is 7.87. The number of aliphatic carboxylic acids is 1. The van der Waals surface area contributed by atoms with Gasteiger partial charge in [0, 0.05) is 29.8 Å². The second-order valence-electron chi connectivity index (χ2n) is 5.87. The predicted molar refractivity (Wildman–Crippen MR) is 87.3 cm³/mol. The van der Waals surface area contributed by atoms with Crippen LogP contribution in [0.4, 0.5) is 0 Å². The Morgan fingerprint density at radius 3 is 3.00 bits per heavy atom. The molecule has 0 spiro atoms. The first-order chi connectivity index (χ1) is 10.6. The van der Waals surface area contributed by atoms with Crippen molar-refractivity contribution in [2.75, 3.05) is 13.1 Å². The van der Waals surface area contributed by atoms with Gasteiger partial charge in [0.1, 0.15) is 0 Å². The number of carbonyl (C=O) groups is 2. The number of carboxylic acids is 1. The molecule has 1 aliphatic heterocycles. The zero-order valence-electron chi connectivity index (χ0n) is 12.3. The first-order valence-electron chi connectivity index (χ1n) is 7.62. The Morgan fingerprint density at radius 2 is 2.18 bits per heavy atom. The first kappa shape index (κ1) is 15.0. The van der Waals surface area contributed by atoms with E-state index in [9.17, 15) is 9.59 Å². The quantitative estimate of drug-likeness (QED) is 0.937. The lowest BCUT2D eigenvalue weighted by atomic mass is 9.93. The highest BCUT2D eigenvalue weighted by Gasteiger charge is 2.24. The Hall–Kier alpha value is -1.88. The molecule has 1 aliphatic rings. The van der Waals surface area contributed by atoms with Gasteiger partial charge in [0.25, 0.3) is 5.91 Å². The van der Waals surface area contributed by atoms with Gasteiger partial charge in [0.05, 0.1) is 0 Å². The summed E-state index contributed by atoms with van der Waals surface area (Å²) in [5.41, 5.74) is 0.727. The fraction of sp³-hybridized carbons (Fsp3) is 0.412. The van der Waals surface area contributed by atoms with Gasteiger partial charge in [-0.2, -0.15) is 0 Å². The van der Waals surface area contributed by atoms with E-state index in [4.69, 9.17) is 5.11 Å². The maximum absolute atomic E-state index is 12.7. The Morgan fingerprint density at radius 1 is 1.32 bits per heavy atom.